The van der Waals surface area contributed by atoms with E-state index in [0.717, 1.165) is 17.9 Å². The van der Waals surface area contributed by atoms with Crippen LogP contribution in [0.15, 0.2) is 10.6 Å². The number of nitrogens with zero attached hydrogens (tertiary/aromatic N) is 4. The second-order valence-electron chi connectivity index (χ2n) is 4.01. The minimum absolute atomic E-state index is 0.352. The maximum atomic E-state index is 5.84. The summed E-state index contributed by atoms with van der Waals surface area (Å²) in [6.45, 7) is 5.02. The Morgan fingerprint density at radius 2 is 2.33 bits per heavy atom. The number of hydrogen-bond acceptors (Lipinski definition) is 6. The highest BCUT2D eigenvalue weighted by molar-refractivity contribution is 5.47. The fourth-order valence-electron chi connectivity index (χ4n) is 1.70. The third-order valence-corrected chi connectivity index (χ3v) is 2.54. The molecular weight excluding hydrogens is 234 g/mol. The van der Waals surface area contributed by atoms with Crippen LogP contribution in [0.2, 0.25) is 0 Å². The van der Waals surface area contributed by atoms with Gasteiger partial charge in [0.15, 0.2) is 5.82 Å². The van der Waals surface area contributed by atoms with Gasteiger partial charge in [0.05, 0.1) is 18.3 Å². The van der Waals surface area contributed by atoms with Crippen LogP contribution in [0.4, 0.5) is 0 Å². The first-order chi connectivity index (χ1) is 8.65. The van der Waals surface area contributed by atoms with E-state index >= 15 is 0 Å². The van der Waals surface area contributed by atoms with Gasteiger partial charge in [0, 0.05) is 13.7 Å². The minimum atomic E-state index is -0.383. The molecule has 0 radical (unpaired) electrons. The third kappa shape index (κ3) is 2.41. The first-order valence-corrected chi connectivity index (χ1v) is 5.78. The van der Waals surface area contributed by atoms with E-state index in [9.17, 15) is 0 Å². The molecule has 0 spiro atoms. The van der Waals surface area contributed by atoms with Crippen molar-refractivity contribution in [3.05, 3.63) is 17.6 Å². The quantitative estimate of drug-likeness (QED) is 0.849. The van der Waals surface area contributed by atoms with Crippen LogP contribution in [0.25, 0.3) is 11.6 Å². The topological polar surface area (TPSA) is 92.0 Å². The standard InChI is InChI=1S/C11H17N5O2/c1-4-16-9(5-7(2)14-16)11-13-10(15-18-11)8(12)6-17-3/h5,8H,4,6,12H2,1-3H3. The summed E-state index contributed by atoms with van der Waals surface area (Å²) in [5.41, 5.74) is 7.55. The Hall–Kier alpha value is -1.73. The minimum Gasteiger partial charge on any atom is -0.383 e. The highest BCUT2D eigenvalue weighted by Crippen LogP contribution is 2.20. The van der Waals surface area contributed by atoms with Gasteiger partial charge >= 0.3 is 0 Å². The van der Waals surface area contributed by atoms with Crippen molar-refractivity contribution in [1.29, 1.82) is 0 Å². The summed E-state index contributed by atoms with van der Waals surface area (Å²) in [4.78, 5) is 4.28. The van der Waals surface area contributed by atoms with E-state index in [1.807, 2.05) is 24.6 Å². The van der Waals surface area contributed by atoms with Gasteiger partial charge in [0.2, 0.25) is 0 Å². The van der Waals surface area contributed by atoms with Crippen molar-refractivity contribution in [2.24, 2.45) is 5.73 Å². The van der Waals surface area contributed by atoms with Crippen molar-refractivity contribution < 1.29 is 9.26 Å². The summed E-state index contributed by atoms with van der Waals surface area (Å²) in [6.07, 6.45) is 0. The van der Waals surface area contributed by atoms with Gasteiger partial charge in [-0.1, -0.05) is 5.16 Å². The number of hydrogen-bond donors (Lipinski definition) is 1. The number of methoxy groups -OCH3 is 1. The molecule has 7 heteroatoms. The van der Waals surface area contributed by atoms with Gasteiger partial charge in [0.1, 0.15) is 5.69 Å². The van der Waals surface area contributed by atoms with Crippen LogP contribution < -0.4 is 5.73 Å². The second-order valence-corrected chi connectivity index (χ2v) is 4.01. The number of ether oxygens (including phenoxy) is 1. The molecule has 7 nitrogen and oxygen atoms in total. The summed E-state index contributed by atoms with van der Waals surface area (Å²) in [6, 6.07) is 1.52. The molecule has 0 aromatic carbocycles. The van der Waals surface area contributed by atoms with Gasteiger partial charge in [-0.3, -0.25) is 4.68 Å². The number of nitrogens with two attached hydrogens (primary N) is 1. The molecular formula is C11H17N5O2. The SMILES string of the molecule is CCn1nc(C)cc1-c1nc(C(N)COC)no1. The zero-order valence-electron chi connectivity index (χ0n) is 10.8. The molecule has 1 unspecified atom stereocenters. The summed E-state index contributed by atoms with van der Waals surface area (Å²) in [5, 5.41) is 8.19. The van der Waals surface area contributed by atoms with Crippen LogP contribution in [-0.4, -0.2) is 33.6 Å². The number of aryl methyl sites for hydroxylation is 2. The van der Waals surface area contributed by atoms with Gasteiger partial charge < -0.3 is 15.0 Å². The zero-order valence-corrected chi connectivity index (χ0v) is 10.8. The molecule has 0 aliphatic carbocycles. The molecule has 2 aromatic heterocycles. The zero-order chi connectivity index (χ0) is 13.1. The Morgan fingerprint density at radius 1 is 1.56 bits per heavy atom. The monoisotopic (exact) mass is 251 g/mol. The van der Waals surface area contributed by atoms with Crippen molar-refractivity contribution in [2.75, 3.05) is 13.7 Å². The van der Waals surface area contributed by atoms with Crippen molar-refractivity contribution in [1.82, 2.24) is 19.9 Å². The molecule has 98 valence electrons. The van der Waals surface area contributed by atoms with E-state index < -0.39 is 0 Å². The molecule has 2 aromatic rings. The van der Waals surface area contributed by atoms with Crippen LogP contribution in [0.1, 0.15) is 24.5 Å². The van der Waals surface area contributed by atoms with Gasteiger partial charge in [-0.2, -0.15) is 10.1 Å². The predicted molar refractivity (Wildman–Crippen MR) is 64.7 cm³/mol. The van der Waals surface area contributed by atoms with Crippen molar-refractivity contribution >= 4 is 0 Å². The molecule has 0 bridgehead atoms. The van der Waals surface area contributed by atoms with Crippen LogP contribution in [0.5, 0.6) is 0 Å². The van der Waals surface area contributed by atoms with E-state index in [1.54, 1.807) is 7.11 Å². The summed E-state index contributed by atoms with van der Waals surface area (Å²) in [5.74, 6) is 0.868. The molecule has 0 saturated heterocycles. The number of rotatable bonds is 5. The average Bonchev–Trinajstić information content (AvgIpc) is 2.95. The van der Waals surface area contributed by atoms with E-state index in [1.165, 1.54) is 0 Å². The summed E-state index contributed by atoms with van der Waals surface area (Å²) in [7, 11) is 1.58. The van der Waals surface area contributed by atoms with Gasteiger partial charge in [-0.05, 0) is 19.9 Å². The molecule has 2 N–H and O–H groups in total. The Balaban J connectivity index is 2.28. The molecule has 2 heterocycles. The molecule has 1 atom stereocenters. The maximum absolute atomic E-state index is 5.84. The Morgan fingerprint density at radius 3 is 3.00 bits per heavy atom. The summed E-state index contributed by atoms with van der Waals surface area (Å²) < 4.78 is 12.0. The first-order valence-electron chi connectivity index (χ1n) is 5.78. The Labute approximate surface area is 105 Å². The van der Waals surface area contributed by atoms with Crippen LogP contribution >= 0.6 is 0 Å². The van der Waals surface area contributed by atoms with Gasteiger partial charge in [-0.15, -0.1) is 0 Å². The fourth-order valence-corrected chi connectivity index (χ4v) is 1.70. The fraction of sp³-hybridized carbons (Fsp3) is 0.545. The van der Waals surface area contributed by atoms with Crippen molar-refractivity contribution in [2.45, 2.75) is 26.4 Å². The second kappa shape index (κ2) is 5.28. The Kier molecular flexibility index (Phi) is 3.73. The number of aromatic nitrogens is 4. The maximum Gasteiger partial charge on any atom is 0.276 e. The lowest BCUT2D eigenvalue weighted by Gasteiger charge is -2.03. The lowest BCUT2D eigenvalue weighted by molar-refractivity contribution is 0.177. The molecule has 0 saturated carbocycles. The predicted octanol–water partition coefficient (Wildman–Crippen LogP) is 0.908. The highest BCUT2D eigenvalue weighted by atomic mass is 16.5. The smallest absolute Gasteiger partial charge is 0.276 e. The molecule has 0 amide bonds. The normalized spacial score (nSPS) is 12.9. The van der Waals surface area contributed by atoms with Crippen molar-refractivity contribution in [3.63, 3.8) is 0 Å². The van der Waals surface area contributed by atoms with Gasteiger partial charge in [0.25, 0.3) is 5.89 Å². The van der Waals surface area contributed by atoms with Crippen LogP contribution in [0.3, 0.4) is 0 Å². The van der Waals surface area contributed by atoms with Crippen LogP contribution in [0, 0.1) is 6.92 Å². The molecule has 0 fully saturated rings. The van der Waals surface area contributed by atoms with Crippen molar-refractivity contribution in [3.8, 4) is 11.6 Å². The lowest BCUT2D eigenvalue weighted by Crippen LogP contribution is -2.17. The Bertz CT molecular complexity index is 519. The molecule has 2 rings (SSSR count). The molecule has 0 aliphatic rings. The van der Waals surface area contributed by atoms with E-state index in [-0.39, 0.29) is 6.04 Å². The van der Waals surface area contributed by atoms with E-state index in [4.69, 9.17) is 15.0 Å². The third-order valence-electron chi connectivity index (χ3n) is 2.54. The highest BCUT2D eigenvalue weighted by Gasteiger charge is 2.18. The molecule has 0 aliphatic heterocycles. The summed E-state index contributed by atoms with van der Waals surface area (Å²) >= 11 is 0. The van der Waals surface area contributed by atoms with Gasteiger partial charge in [-0.25, -0.2) is 0 Å². The first kappa shape index (κ1) is 12.7. The lowest BCUT2D eigenvalue weighted by atomic mass is 10.3. The molecule has 18 heavy (non-hydrogen) atoms. The average molecular weight is 251 g/mol. The largest absolute Gasteiger partial charge is 0.383 e. The van der Waals surface area contributed by atoms with E-state index in [0.29, 0.717) is 18.3 Å². The van der Waals surface area contributed by atoms with E-state index in [2.05, 4.69) is 15.2 Å². The van der Waals surface area contributed by atoms with Crippen LogP contribution in [-0.2, 0) is 11.3 Å².